The molecule has 4 rings (SSSR count). The van der Waals surface area contributed by atoms with Gasteiger partial charge in [0, 0.05) is 5.41 Å². The Morgan fingerprint density at radius 3 is 2.48 bits per heavy atom. The van der Waals surface area contributed by atoms with Gasteiger partial charge < -0.3 is 4.42 Å². The van der Waals surface area contributed by atoms with Crippen molar-refractivity contribution in [2.45, 2.75) is 32.7 Å². The highest BCUT2D eigenvalue weighted by Crippen LogP contribution is 2.30. The van der Waals surface area contributed by atoms with E-state index in [2.05, 4.69) is 31.0 Å². The summed E-state index contributed by atoms with van der Waals surface area (Å²) in [4.78, 5) is 0.925. The van der Waals surface area contributed by atoms with Gasteiger partial charge in [0.15, 0.2) is 0 Å². The molecule has 7 heteroatoms. The maximum atomic E-state index is 13.2. The topological polar surface area (TPSA) is 56.7 Å². The lowest BCUT2D eigenvalue weighted by Gasteiger charge is -2.14. The van der Waals surface area contributed by atoms with Crippen LogP contribution in [0.2, 0.25) is 0 Å². The average Bonchev–Trinajstić information content (AvgIpc) is 3.36. The monoisotopic (exact) mass is 382 g/mol. The Morgan fingerprint density at radius 2 is 1.81 bits per heavy atom. The molecule has 0 aliphatic carbocycles. The molecular weight excluding hydrogens is 363 g/mol. The van der Waals surface area contributed by atoms with Gasteiger partial charge in [-0.25, -0.2) is 4.39 Å². The van der Waals surface area contributed by atoms with Gasteiger partial charge in [0.2, 0.25) is 0 Å². The fraction of sp³-hybridized carbons (Fsp3) is 0.250. The van der Waals surface area contributed by atoms with Crippen molar-refractivity contribution in [2.24, 2.45) is 0 Å². The second-order valence-corrected chi connectivity index (χ2v) is 8.29. The summed E-state index contributed by atoms with van der Waals surface area (Å²) in [6.07, 6.45) is 0. The zero-order valence-electron chi connectivity index (χ0n) is 15.3. The minimum absolute atomic E-state index is 0.126. The van der Waals surface area contributed by atoms with Gasteiger partial charge in [0.1, 0.15) is 11.5 Å². The number of nitrogens with zero attached hydrogens (tertiary/aromatic N) is 4. The standard InChI is InChI=1S/C20H19FN4OS/c1-20(2,3)17-11-15(18-22-23-19(26-18)16-5-4-10-27-16)25(24-17)12-13-6-8-14(21)9-7-13/h4-11H,12H2,1-3H3. The highest BCUT2D eigenvalue weighted by atomic mass is 32.1. The van der Waals surface area contributed by atoms with Crippen LogP contribution in [0.15, 0.2) is 52.3 Å². The zero-order chi connectivity index (χ0) is 19.0. The van der Waals surface area contributed by atoms with Crippen molar-refractivity contribution in [3.8, 4) is 22.4 Å². The van der Waals surface area contributed by atoms with Gasteiger partial charge in [-0.15, -0.1) is 21.5 Å². The molecule has 0 bridgehead atoms. The third kappa shape index (κ3) is 3.68. The quantitative estimate of drug-likeness (QED) is 0.490. The first kappa shape index (κ1) is 17.6. The van der Waals surface area contributed by atoms with Gasteiger partial charge in [0.25, 0.3) is 11.8 Å². The van der Waals surface area contributed by atoms with Crippen molar-refractivity contribution in [3.05, 3.63) is 64.9 Å². The molecule has 5 nitrogen and oxygen atoms in total. The van der Waals surface area contributed by atoms with Crippen LogP contribution in [0.3, 0.4) is 0 Å². The molecule has 0 unspecified atom stereocenters. The summed E-state index contributed by atoms with van der Waals surface area (Å²) in [5.41, 5.74) is 2.49. The molecule has 0 saturated heterocycles. The fourth-order valence-electron chi connectivity index (χ4n) is 2.67. The third-order valence-corrected chi connectivity index (χ3v) is 5.03. The van der Waals surface area contributed by atoms with Crippen molar-refractivity contribution in [1.29, 1.82) is 0 Å². The van der Waals surface area contributed by atoms with Gasteiger partial charge in [-0.1, -0.05) is 39.0 Å². The lowest BCUT2D eigenvalue weighted by molar-refractivity contribution is 0.540. The van der Waals surface area contributed by atoms with E-state index >= 15 is 0 Å². The van der Waals surface area contributed by atoms with E-state index in [0.29, 0.717) is 18.3 Å². The van der Waals surface area contributed by atoms with E-state index in [-0.39, 0.29) is 11.2 Å². The number of aromatic nitrogens is 4. The number of hydrogen-bond donors (Lipinski definition) is 0. The van der Waals surface area contributed by atoms with Crippen LogP contribution in [0.4, 0.5) is 4.39 Å². The smallest absolute Gasteiger partial charge is 0.266 e. The molecule has 0 aliphatic heterocycles. The number of halogens is 1. The van der Waals surface area contributed by atoms with E-state index in [1.54, 1.807) is 23.5 Å². The van der Waals surface area contributed by atoms with E-state index in [0.717, 1.165) is 21.8 Å². The molecule has 1 aromatic carbocycles. The lowest BCUT2D eigenvalue weighted by Crippen LogP contribution is -2.13. The van der Waals surface area contributed by atoms with Crippen LogP contribution in [-0.4, -0.2) is 20.0 Å². The maximum absolute atomic E-state index is 13.2. The molecule has 4 aromatic rings. The first-order valence-electron chi connectivity index (χ1n) is 8.61. The number of thiophene rings is 1. The Labute approximate surface area is 160 Å². The number of benzene rings is 1. The maximum Gasteiger partial charge on any atom is 0.266 e. The molecule has 3 aromatic heterocycles. The van der Waals surface area contributed by atoms with E-state index < -0.39 is 0 Å². The first-order valence-corrected chi connectivity index (χ1v) is 9.48. The minimum atomic E-state index is -0.257. The van der Waals surface area contributed by atoms with E-state index in [9.17, 15) is 4.39 Å². The second kappa shape index (κ2) is 6.74. The Morgan fingerprint density at radius 1 is 1.07 bits per heavy atom. The second-order valence-electron chi connectivity index (χ2n) is 7.34. The van der Waals surface area contributed by atoms with Gasteiger partial charge >= 0.3 is 0 Å². The Kier molecular flexibility index (Phi) is 4.39. The van der Waals surface area contributed by atoms with Gasteiger partial charge in [0.05, 0.1) is 17.1 Å². The van der Waals surface area contributed by atoms with Crippen molar-refractivity contribution >= 4 is 11.3 Å². The number of rotatable bonds is 4. The van der Waals surface area contributed by atoms with Crippen LogP contribution in [0.1, 0.15) is 32.0 Å². The van der Waals surface area contributed by atoms with E-state index in [4.69, 9.17) is 9.52 Å². The molecule has 0 radical (unpaired) electrons. The molecule has 0 atom stereocenters. The summed E-state index contributed by atoms with van der Waals surface area (Å²) in [5, 5.41) is 15.1. The molecule has 0 fully saturated rings. The van der Waals surface area contributed by atoms with Gasteiger partial charge in [-0.2, -0.15) is 5.10 Å². The van der Waals surface area contributed by atoms with Crippen LogP contribution in [0, 0.1) is 5.82 Å². The fourth-order valence-corrected chi connectivity index (χ4v) is 3.31. The van der Waals surface area contributed by atoms with Crippen LogP contribution in [0.25, 0.3) is 22.4 Å². The van der Waals surface area contributed by atoms with Crippen molar-refractivity contribution in [1.82, 2.24) is 20.0 Å². The van der Waals surface area contributed by atoms with Crippen LogP contribution in [-0.2, 0) is 12.0 Å². The van der Waals surface area contributed by atoms with E-state index in [1.165, 1.54) is 12.1 Å². The van der Waals surface area contributed by atoms with E-state index in [1.807, 2.05) is 28.3 Å². The van der Waals surface area contributed by atoms with Crippen molar-refractivity contribution < 1.29 is 8.81 Å². The van der Waals surface area contributed by atoms with Crippen LogP contribution in [0.5, 0.6) is 0 Å². The highest BCUT2D eigenvalue weighted by Gasteiger charge is 2.23. The third-order valence-electron chi connectivity index (χ3n) is 4.17. The predicted molar refractivity (Wildman–Crippen MR) is 103 cm³/mol. The summed E-state index contributed by atoms with van der Waals surface area (Å²) >= 11 is 1.55. The summed E-state index contributed by atoms with van der Waals surface area (Å²) < 4.78 is 21.0. The number of hydrogen-bond acceptors (Lipinski definition) is 5. The minimum Gasteiger partial charge on any atom is -0.414 e. The average molecular weight is 382 g/mol. The Bertz CT molecular complexity index is 1040. The Balaban J connectivity index is 1.74. The summed E-state index contributed by atoms with van der Waals surface area (Å²) in [5.74, 6) is 0.655. The lowest BCUT2D eigenvalue weighted by atomic mass is 9.92. The SMILES string of the molecule is CC(C)(C)c1cc(-c2nnc(-c3cccs3)o2)n(Cc2ccc(F)cc2)n1. The van der Waals surface area contributed by atoms with Gasteiger partial charge in [-0.3, -0.25) is 4.68 Å². The van der Waals surface area contributed by atoms with Crippen LogP contribution >= 0.6 is 11.3 Å². The van der Waals surface area contributed by atoms with Crippen LogP contribution < -0.4 is 0 Å². The molecule has 138 valence electrons. The molecule has 0 N–H and O–H groups in total. The normalized spacial score (nSPS) is 11.9. The largest absolute Gasteiger partial charge is 0.414 e. The highest BCUT2D eigenvalue weighted by molar-refractivity contribution is 7.13. The molecule has 0 aliphatic rings. The summed E-state index contributed by atoms with van der Waals surface area (Å²) in [6.45, 7) is 6.80. The molecule has 0 amide bonds. The summed E-state index contributed by atoms with van der Waals surface area (Å²) in [7, 11) is 0. The molecule has 0 saturated carbocycles. The first-order chi connectivity index (χ1) is 12.9. The molecular formula is C20H19FN4OS. The molecule has 3 heterocycles. The van der Waals surface area contributed by atoms with Crippen molar-refractivity contribution in [2.75, 3.05) is 0 Å². The van der Waals surface area contributed by atoms with Gasteiger partial charge in [-0.05, 0) is 35.2 Å². The molecule has 0 spiro atoms. The summed E-state index contributed by atoms with van der Waals surface area (Å²) in [6, 6.07) is 12.3. The predicted octanol–water partition coefficient (Wildman–Crippen LogP) is 5.15. The molecule has 27 heavy (non-hydrogen) atoms. The van der Waals surface area contributed by atoms with Crippen molar-refractivity contribution in [3.63, 3.8) is 0 Å². The Hall–Kier alpha value is -2.80. The zero-order valence-corrected chi connectivity index (χ0v) is 16.1.